The van der Waals surface area contributed by atoms with E-state index in [0.29, 0.717) is 10.7 Å². The third-order valence-corrected chi connectivity index (χ3v) is 4.92. The third kappa shape index (κ3) is 3.12. The van der Waals surface area contributed by atoms with Crippen molar-refractivity contribution in [3.8, 4) is 0 Å². The number of hydrogen-bond acceptors (Lipinski definition) is 7. The van der Waals surface area contributed by atoms with Crippen molar-refractivity contribution in [2.75, 3.05) is 11.1 Å². The molecule has 0 spiro atoms. The first-order valence-electron chi connectivity index (χ1n) is 6.73. The molecule has 0 aliphatic carbocycles. The van der Waals surface area contributed by atoms with Crippen molar-refractivity contribution in [1.29, 1.82) is 0 Å². The fourth-order valence-electron chi connectivity index (χ4n) is 2.15. The van der Waals surface area contributed by atoms with Crippen LogP contribution in [0.2, 0.25) is 0 Å². The van der Waals surface area contributed by atoms with Crippen LogP contribution in [-0.2, 0) is 9.53 Å². The van der Waals surface area contributed by atoms with Gasteiger partial charge in [0, 0.05) is 5.56 Å². The van der Waals surface area contributed by atoms with Crippen molar-refractivity contribution in [2.24, 2.45) is 0 Å². The van der Waals surface area contributed by atoms with Gasteiger partial charge in [0.05, 0.1) is 12.0 Å². The molecule has 8 heteroatoms. The summed E-state index contributed by atoms with van der Waals surface area (Å²) in [7, 11) is 0. The highest BCUT2D eigenvalue weighted by atomic mass is 32.2. The average Bonchev–Trinajstić information content (AvgIpc) is 3.06. The zero-order valence-corrected chi connectivity index (χ0v) is 13.4. The summed E-state index contributed by atoms with van der Waals surface area (Å²) in [5, 5.41) is 11.0. The van der Waals surface area contributed by atoms with E-state index >= 15 is 0 Å². The predicted octanol–water partition coefficient (Wildman–Crippen LogP) is 2.89. The molecule has 0 bridgehead atoms. The summed E-state index contributed by atoms with van der Waals surface area (Å²) in [6.45, 7) is 2.02. The quantitative estimate of drug-likeness (QED) is 0.514. The van der Waals surface area contributed by atoms with Gasteiger partial charge >= 0.3 is 5.97 Å². The Morgan fingerprint density at radius 1 is 1.41 bits per heavy atom. The highest BCUT2D eigenvalue weighted by Crippen LogP contribution is 2.33. The minimum absolute atomic E-state index is 0.0680. The molecule has 22 heavy (non-hydrogen) atoms. The van der Waals surface area contributed by atoms with Gasteiger partial charge in [0.1, 0.15) is 6.10 Å². The summed E-state index contributed by atoms with van der Waals surface area (Å²) in [4.78, 5) is 23.8. The van der Waals surface area contributed by atoms with Gasteiger partial charge in [0.15, 0.2) is 4.34 Å². The minimum Gasteiger partial charge on any atom is -0.453 e. The minimum atomic E-state index is -0.541. The predicted molar refractivity (Wildman–Crippen MR) is 84.2 cm³/mol. The zero-order chi connectivity index (χ0) is 15.5. The molecule has 0 saturated heterocycles. The number of rotatable bonds is 5. The van der Waals surface area contributed by atoms with Crippen LogP contribution in [0.5, 0.6) is 0 Å². The van der Waals surface area contributed by atoms with E-state index in [-0.39, 0.29) is 18.3 Å². The lowest BCUT2D eigenvalue weighted by Crippen LogP contribution is -2.15. The Hall–Kier alpha value is -1.93. The molecule has 1 atom stereocenters. The average molecular weight is 335 g/mol. The highest BCUT2D eigenvalue weighted by molar-refractivity contribution is 8.01. The first-order chi connectivity index (χ1) is 10.7. The number of cyclic esters (lactones) is 1. The fraction of sp³-hybridized carbons (Fsp3) is 0.286. The highest BCUT2D eigenvalue weighted by Gasteiger charge is 2.32. The Morgan fingerprint density at radius 2 is 2.23 bits per heavy atom. The molecule has 0 radical (unpaired) electrons. The number of ether oxygens (including phenoxy) is 1. The molecule has 114 valence electrons. The topological polar surface area (TPSA) is 81.2 Å². The maximum Gasteiger partial charge on any atom is 0.339 e. The number of aromatic nitrogens is 2. The summed E-state index contributed by atoms with van der Waals surface area (Å²) in [6.07, 6.45) is -0.473. The largest absolute Gasteiger partial charge is 0.453 e. The van der Waals surface area contributed by atoms with Gasteiger partial charge in [-0.05, 0) is 11.8 Å². The fourth-order valence-corrected chi connectivity index (χ4v) is 3.82. The van der Waals surface area contributed by atoms with Crippen molar-refractivity contribution < 1.29 is 14.3 Å². The third-order valence-electron chi connectivity index (χ3n) is 3.07. The number of hydrogen-bond donors (Lipinski definition) is 1. The number of benzene rings is 1. The lowest BCUT2D eigenvalue weighted by atomic mass is 10.0. The van der Waals surface area contributed by atoms with Gasteiger partial charge in [0.2, 0.25) is 11.0 Å². The van der Waals surface area contributed by atoms with Crippen LogP contribution in [0.3, 0.4) is 0 Å². The van der Waals surface area contributed by atoms with Gasteiger partial charge in [-0.25, -0.2) is 4.79 Å². The summed E-state index contributed by atoms with van der Waals surface area (Å²) in [6, 6.07) is 7.11. The summed E-state index contributed by atoms with van der Waals surface area (Å²) < 4.78 is 6.06. The van der Waals surface area contributed by atoms with E-state index in [1.165, 1.54) is 11.3 Å². The zero-order valence-electron chi connectivity index (χ0n) is 11.7. The van der Waals surface area contributed by atoms with E-state index in [1.54, 1.807) is 30.0 Å². The van der Waals surface area contributed by atoms with Crippen molar-refractivity contribution in [1.82, 2.24) is 10.2 Å². The molecule has 1 N–H and O–H groups in total. The van der Waals surface area contributed by atoms with E-state index in [9.17, 15) is 9.59 Å². The molecule has 0 unspecified atom stereocenters. The SMILES string of the molecule is CCSc1nnc(NC(=O)C[C@@H]2OC(=O)c3ccccc32)s1. The number of thioether (sulfide) groups is 1. The van der Waals surface area contributed by atoms with Crippen LogP contribution < -0.4 is 5.32 Å². The number of fused-ring (bicyclic) bond motifs is 1. The standard InChI is InChI=1S/C14H13N3O3S2/c1-2-21-14-17-16-13(22-14)15-11(18)7-10-8-5-3-4-6-9(8)12(19)20-10/h3-6,10H,2,7H2,1H3,(H,15,16,18)/t10-/m0/s1. The van der Waals surface area contributed by atoms with E-state index in [0.717, 1.165) is 15.7 Å². The molecule has 1 aliphatic heterocycles. The maximum absolute atomic E-state index is 12.1. The van der Waals surface area contributed by atoms with E-state index in [4.69, 9.17) is 4.74 Å². The molecule has 2 aromatic rings. The lowest BCUT2D eigenvalue weighted by molar-refractivity contribution is -0.118. The van der Waals surface area contributed by atoms with E-state index in [1.807, 2.05) is 13.0 Å². The molecular weight excluding hydrogens is 322 g/mol. The molecule has 3 rings (SSSR count). The maximum atomic E-state index is 12.1. The number of nitrogens with one attached hydrogen (secondary N) is 1. The normalized spacial score (nSPS) is 16.2. The first-order valence-corrected chi connectivity index (χ1v) is 8.53. The summed E-state index contributed by atoms with van der Waals surface area (Å²) in [5.74, 6) is 0.266. The van der Waals surface area contributed by atoms with Gasteiger partial charge in [0.25, 0.3) is 0 Å². The Morgan fingerprint density at radius 3 is 3.05 bits per heavy atom. The summed E-state index contributed by atoms with van der Waals surface area (Å²) >= 11 is 2.90. The van der Waals surface area contributed by atoms with Gasteiger partial charge in [-0.15, -0.1) is 10.2 Å². The molecule has 0 saturated carbocycles. The van der Waals surface area contributed by atoms with Crippen molar-refractivity contribution in [3.63, 3.8) is 0 Å². The van der Waals surface area contributed by atoms with Crippen LogP contribution in [0.1, 0.15) is 35.4 Å². The number of anilines is 1. The second kappa shape index (κ2) is 6.45. The second-order valence-corrected chi connectivity index (χ2v) is 7.03. The smallest absolute Gasteiger partial charge is 0.339 e. The van der Waals surface area contributed by atoms with Crippen LogP contribution in [0, 0.1) is 0 Å². The van der Waals surface area contributed by atoms with Gasteiger partial charge < -0.3 is 10.1 Å². The van der Waals surface area contributed by atoms with Crippen molar-refractivity contribution >= 4 is 40.1 Å². The number of carbonyl (C=O) groups excluding carboxylic acids is 2. The molecule has 6 nitrogen and oxygen atoms in total. The lowest BCUT2D eigenvalue weighted by Gasteiger charge is -2.09. The summed E-state index contributed by atoms with van der Waals surface area (Å²) in [5.41, 5.74) is 1.28. The van der Waals surface area contributed by atoms with Crippen LogP contribution >= 0.6 is 23.1 Å². The van der Waals surface area contributed by atoms with E-state index in [2.05, 4.69) is 15.5 Å². The number of amides is 1. The molecule has 1 amide bonds. The number of esters is 1. The molecule has 0 fully saturated rings. The van der Waals surface area contributed by atoms with Crippen molar-refractivity contribution in [2.45, 2.75) is 23.8 Å². The van der Waals surface area contributed by atoms with Crippen molar-refractivity contribution in [3.05, 3.63) is 35.4 Å². The van der Waals surface area contributed by atoms with E-state index < -0.39 is 6.10 Å². The molecule has 1 aromatic carbocycles. The molecule has 2 heterocycles. The Labute approximate surface area is 135 Å². The Balaban J connectivity index is 1.64. The number of carbonyl (C=O) groups is 2. The molecule has 1 aliphatic rings. The van der Waals surface area contributed by atoms with Crippen LogP contribution in [-0.4, -0.2) is 27.8 Å². The van der Waals surface area contributed by atoms with Crippen LogP contribution in [0.25, 0.3) is 0 Å². The van der Waals surface area contributed by atoms with Crippen LogP contribution in [0.15, 0.2) is 28.6 Å². The first kappa shape index (κ1) is 15.0. The molecular formula is C14H13N3O3S2. The monoisotopic (exact) mass is 335 g/mol. The number of nitrogens with zero attached hydrogens (tertiary/aromatic N) is 2. The Bertz CT molecular complexity index is 717. The molecule has 1 aromatic heterocycles. The van der Waals surface area contributed by atoms with Gasteiger partial charge in [-0.3, -0.25) is 4.79 Å². The second-order valence-electron chi connectivity index (χ2n) is 4.54. The van der Waals surface area contributed by atoms with Gasteiger partial charge in [-0.1, -0.05) is 48.2 Å². The van der Waals surface area contributed by atoms with Crippen LogP contribution in [0.4, 0.5) is 5.13 Å². The van der Waals surface area contributed by atoms with Gasteiger partial charge in [-0.2, -0.15) is 0 Å². The Kier molecular flexibility index (Phi) is 4.39.